The van der Waals surface area contributed by atoms with E-state index in [4.69, 9.17) is 11.6 Å². The number of hydrogen-bond acceptors (Lipinski definition) is 2. The number of nitrogens with zero attached hydrogens (tertiary/aromatic N) is 2. The van der Waals surface area contributed by atoms with Crippen LogP contribution in [0.1, 0.15) is 34.3 Å². The molecule has 1 aliphatic heterocycles. The largest absolute Gasteiger partial charge is 0.346 e. The van der Waals surface area contributed by atoms with E-state index in [0.717, 1.165) is 5.56 Å². The van der Waals surface area contributed by atoms with Gasteiger partial charge in [-0.2, -0.15) is 0 Å². The number of halogens is 1. The first-order valence-electron chi connectivity index (χ1n) is 9.27. The van der Waals surface area contributed by atoms with Crippen molar-refractivity contribution in [2.24, 2.45) is 5.92 Å². The molecule has 3 rings (SSSR count). The summed E-state index contributed by atoms with van der Waals surface area (Å²) in [5.41, 5.74) is 2.88. The van der Waals surface area contributed by atoms with E-state index in [-0.39, 0.29) is 23.7 Å². The van der Waals surface area contributed by atoms with Crippen molar-refractivity contribution in [2.75, 3.05) is 26.7 Å². The molecule has 0 unspecified atom stereocenters. The maximum atomic E-state index is 13.0. The SMILES string of the molecule is CCN(C)C(=O)[C@H]1CN(C(=O)c2ccc(Cl)cc2)C[C@@H]1c1ccc(C)cc1. The van der Waals surface area contributed by atoms with Crippen molar-refractivity contribution in [2.45, 2.75) is 19.8 Å². The predicted octanol–water partition coefficient (Wildman–Crippen LogP) is 3.98. The van der Waals surface area contributed by atoms with Gasteiger partial charge in [0.1, 0.15) is 0 Å². The van der Waals surface area contributed by atoms with E-state index >= 15 is 0 Å². The van der Waals surface area contributed by atoms with Crippen LogP contribution in [0.15, 0.2) is 48.5 Å². The molecule has 1 fully saturated rings. The molecule has 0 saturated carbocycles. The summed E-state index contributed by atoms with van der Waals surface area (Å²) in [7, 11) is 1.82. The highest BCUT2D eigenvalue weighted by Gasteiger charge is 2.41. The topological polar surface area (TPSA) is 40.6 Å². The maximum absolute atomic E-state index is 13.0. The van der Waals surface area contributed by atoms with Gasteiger partial charge in [0.15, 0.2) is 0 Å². The van der Waals surface area contributed by atoms with Crippen molar-refractivity contribution in [3.05, 3.63) is 70.2 Å². The second kappa shape index (κ2) is 8.13. The third-order valence-electron chi connectivity index (χ3n) is 5.37. The average molecular weight is 385 g/mol. The van der Waals surface area contributed by atoms with E-state index in [1.807, 2.05) is 20.9 Å². The summed E-state index contributed by atoms with van der Waals surface area (Å²) in [6.07, 6.45) is 0. The Morgan fingerprint density at radius 2 is 1.70 bits per heavy atom. The molecule has 2 aromatic rings. The van der Waals surface area contributed by atoms with Crippen molar-refractivity contribution in [3.8, 4) is 0 Å². The van der Waals surface area contributed by atoms with Crippen molar-refractivity contribution >= 4 is 23.4 Å². The van der Waals surface area contributed by atoms with Crippen molar-refractivity contribution < 1.29 is 9.59 Å². The van der Waals surface area contributed by atoms with Crippen molar-refractivity contribution in [1.29, 1.82) is 0 Å². The van der Waals surface area contributed by atoms with Crippen LogP contribution in [0.2, 0.25) is 5.02 Å². The minimum atomic E-state index is -0.228. The fraction of sp³-hybridized carbons (Fsp3) is 0.364. The van der Waals surface area contributed by atoms with Gasteiger partial charge in [-0.05, 0) is 43.7 Å². The summed E-state index contributed by atoms with van der Waals surface area (Å²) in [6.45, 7) is 5.63. The van der Waals surface area contributed by atoms with Crippen molar-refractivity contribution in [3.63, 3.8) is 0 Å². The smallest absolute Gasteiger partial charge is 0.253 e. The molecule has 5 heteroatoms. The number of rotatable bonds is 4. The van der Waals surface area contributed by atoms with E-state index in [1.54, 1.807) is 34.1 Å². The number of carbonyl (C=O) groups excluding carboxylic acids is 2. The maximum Gasteiger partial charge on any atom is 0.253 e. The molecule has 0 aromatic heterocycles. The van der Waals surface area contributed by atoms with E-state index in [2.05, 4.69) is 24.3 Å². The molecule has 0 aliphatic carbocycles. The standard InChI is InChI=1S/C22H25ClN2O2/c1-4-24(3)22(27)20-14-25(21(26)17-9-11-18(23)12-10-17)13-19(20)16-7-5-15(2)6-8-16/h5-12,19-20H,4,13-14H2,1-3H3/t19-,20+/m1/s1. The highest BCUT2D eigenvalue weighted by Crippen LogP contribution is 2.35. The van der Waals surface area contributed by atoms with Crippen LogP contribution < -0.4 is 0 Å². The summed E-state index contributed by atoms with van der Waals surface area (Å²) in [5, 5.41) is 0.600. The fourth-order valence-corrected chi connectivity index (χ4v) is 3.71. The van der Waals surface area contributed by atoms with E-state index < -0.39 is 0 Å². The summed E-state index contributed by atoms with van der Waals surface area (Å²) in [4.78, 5) is 29.4. The van der Waals surface area contributed by atoms with Gasteiger partial charge in [0, 0.05) is 43.2 Å². The quantitative estimate of drug-likeness (QED) is 0.799. The Morgan fingerprint density at radius 3 is 2.30 bits per heavy atom. The number of carbonyl (C=O) groups is 2. The van der Waals surface area contributed by atoms with Crippen LogP contribution in [0, 0.1) is 12.8 Å². The van der Waals surface area contributed by atoms with Gasteiger partial charge < -0.3 is 9.80 Å². The molecule has 0 spiro atoms. The Hall–Kier alpha value is -2.33. The van der Waals surface area contributed by atoms with Crippen molar-refractivity contribution in [1.82, 2.24) is 9.80 Å². The van der Waals surface area contributed by atoms with Gasteiger partial charge in [-0.3, -0.25) is 9.59 Å². The first kappa shape index (κ1) is 19.4. The number of benzene rings is 2. The molecular formula is C22H25ClN2O2. The Kier molecular flexibility index (Phi) is 5.85. The molecule has 2 amide bonds. The summed E-state index contributed by atoms with van der Waals surface area (Å²) >= 11 is 5.93. The molecule has 27 heavy (non-hydrogen) atoms. The lowest BCUT2D eigenvalue weighted by Gasteiger charge is -2.23. The normalized spacial score (nSPS) is 19.2. The minimum Gasteiger partial charge on any atom is -0.346 e. The number of likely N-dealkylation sites (tertiary alicyclic amines) is 1. The number of hydrogen-bond donors (Lipinski definition) is 0. The Labute approximate surface area is 165 Å². The van der Waals surface area contributed by atoms with E-state index in [9.17, 15) is 9.59 Å². The van der Waals surface area contributed by atoms with Crippen LogP contribution >= 0.6 is 11.6 Å². The van der Waals surface area contributed by atoms with Crippen LogP contribution in [0.4, 0.5) is 0 Å². The Bertz CT molecular complexity index is 817. The average Bonchev–Trinajstić information content (AvgIpc) is 3.12. The lowest BCUT2D eigenvalue weighted by molar-refractivity contribution is -0.133. The molecule has 2 atom stereocenters. The van der Waals surface area contributed by atoms with Gasteiger partial charge in [-0.15, -0.1) is 0 Å². The molecule has 1 saturated heterocycles. The van der Waals surface area contributed by atoms with Crippen LogP contribution in [-0.4, -0.2) is 48.3 Å². The second-order valence-electron chi connectivity index (χ2n) is 7.19. The summed E-state index contributed by atoms with van der Waals surface area (Å²) < 4.78 is 0. The van der Waals surface area contributed by atoms with E-state index in [1.165, 1.54) is 5.56 Å². The Morgan fingerprint density at radius 1 is 1.07 bits per heavy atom. The summed E-state index contributed by atoms with van der Waals surface area (Å²) in [5.74, 6) is -0.190. The molecular weight excluding hydrogens is 360 g/mol. The molecule has 0 radical (unpaired) electrons. The lowest BCUT2D eigenvalue weighted by Crippen LogP contribution is -2.36. The monoisotopic (exact) mass is 384 g/mol. The number of aryl methyl sites for hydroxylation is 1. The molecule has 1 aliphatic rings. The van der Waals surface area contributed by atoms with Gasteiger partial charge in [-0.1, -0.05) is 41.4 Å². The third kappa shape index (κ3) is 4.16. The highest BCUT2D eigenvalue weighted by atomic mass is 35.5. The zero-order valence-electron chi connectivity index (χ0n) is 16.0. The molecule has 142 valence electrons. The van der Waals surface area contributed by atoms with Crippen LogP contribution in [0.5, 0.6) is 0 Å². The van der Waals surface area contributed by atoms with Crippen LogP contribution in [0.25, 0.3) is 0 Å². The first-order valence-corrected chi connectivity index (χ1v) is 9.65. The second-order valence-corrected chi connectivity index (χ2v) is 7.63. The van der Waals surface area contributed by atoms with Gasteiger partial charge >= 0.3 is 0 Å². The Balaban J connectivity index is 1.88. The molecule has 2 aromatic carbocycles. The van der Waals surface area contributed by atoms with Crippen LogP contribution in [-0.2, 0) is 4.79 Å². The molecule has 0 N–H and O–H groups in total. The van der Waals surface area contributed by atoms with E-state index in [0.29, 0.717) is 30.2 Å². The van der Waals surface area contributed by atoms with Crippen LogP contribution in [0.3, 0.4) is 0 Å². The lowest BCUT2D eigenvalue weighted by atomic mass is 9.87. The molecule has 4 nitrogen and oxygen atoms in total. The number of amides is 2. The van der Waals surface area contributed by atoms with Gasteiger partial charge in [0.2, 0.25) is 5.91 Å². The predicted molar refractivity (Wildman–Crippen MR) is 108 cm³/mol. The zero-order chi connectivity index (χ0) is 19.6. The minimum absolute atomic E-state index is 0.00310. The molecule has 1 heterocycles. The zero-order valence-corrected chi connectivity index (χ0v) is 16.7. The molecule has 0 bridgehead atoms. The first-order chi connectivity index (χ1) is 12.9. The third-order valence-corrected chi connectivity index (χ3v) is 5.62. The fourth-order valence-electron chi connectivity index (χ4n) is 3.59. The van der Waals surface area contributed by atoms with Gasteiger partial charge in [0.25, 0.3) is 5.91 Å². The highest BCUT2D eigenvalue weighted by molar-refractivity contribution is 6.30. The van der Waals surface area contributed by atoms with Gasteiger partial charge in [0.05, 0.1) is 5.92 Å². The van der Waals surface area contributed by atoms with Gasteiger partial charge in [-0.25, -0.2) is 0 Å². The summed E-state index contributed by atoms with van der Waals surface area (Å²) in [6, 6.07) is 15.2.